The summed E-state index contributed by atoms with van der Waals surface area (Å²) in [5, 5.41) is 0. The number of anilines is 1. The Labute approximate surface area is 125 Å². The number of nitrogen functional groups attached to an aromatic ring is 1. The van der Waals surface area contributed by atoms with E-state index in [1.54, 1.807) is 0 Å². The molecule has 22 heavy (non-hydrogen) atoms. The Balaban J connectivity index is 2.83. The summed E-state index contributed by atoms with van der Waals surface area (Å²) in [7, 11) is 1.21. The van der Waals surface area contributed by atoms with E-state index >= 15 is 0 Å². The van der Waals surface area contributed by atoms with Crippen molar-refractivity contribution in [1.29, 1.82) is 0 Å². The van der Waals surface area contributed by atoms with Crippen LogP contribution in [-0.2, 0) is 20.4 Å². The molecule has 0 fully saturated rings. The van der Waals surface area contributed by atoms with Gasteiger partial charge in [-0.1, -0.05) is 5.92 Å². The van der Waals surface area contributed by atoms with Gasteiger partial charge in [0.05, 0.1) is 12.8 Å². The van der Waals surface area contributed by atoms with Crippen LogP contribution < -0.4 is 5.73 Å². The molecule has 1 aromatic heterocycles. The molecule has 0 saturated heterocycles. The Morgan fingerprint density at radius 2 is 2.00 bits per heavy atom. The first-order chi connectivity index (χ1) is 10.1. The van der Waals surface area contributed by atoms with Gasteiger partial charge in [0.15, 0.2) is 5.60 Å². The van der Waals surface area contributed by atoms with E-state index in [1.807, 2.05) is 0 Å². The number of carbonyl (C=O) groups excluding carboxylic acids is 1. The average molecular weight is 316 g/mol. The maximum absolute atomic E-state index is 12.5. The molecule has 8 heteroatoms. The summed E-state index contributed by atoms with van der Waals surface area (Å²) >= 11 is 0. The average Bonchev–Trinajstić information content (AvgIpc) is 2.43. The first kappa shape index (κ1) is 17.8. The van der Waals surface area contributed by atoms with Crippen LogP contribution in [0, 0.1) is 11.8 Å². The minimum absolute atomic E-state index is 0.0210. The molecule has 0 saturated carbocycles. The molecule has 0 bridgehead atoms. The minimum atomic E-state index is -4.58. The summed E-state index contributed by atoms with van der Waals surface area (Å²) in [5.41, 5.74) is 3.05. The Kier molecular flexibility index (Phi) is 5.38. The molecule has 0 atom stereocenters. The molecular formula is C14H15F3N2O3. The van der Waals surface area contributed by atoms with Crippen LogP contribution in [0.4, 0.5) is 18.9 Å². The van der Waals surface area contributed by atoms with Gasteiger partial charge < -0.3 is 15.2 Å². The monoisotopic (exact) mass is 316 g/mol. The molecule has 0 radical (unpaired) electrons. The first-order valence-electron chi connectivity index (χ1n) is 6.13. The molecule has 0 aromatic carbocycles. The van der Waals surface area contributed by atoms with Gasteiger partial charge in [0.2, 0.25) is 0 Å². The largest absolute Gasteiger partial charge is 0.467 e. The second kappa shape index (κ2) is 6.66. The van der Waals surface area contributed by atoms with Gasteiger partial charge in [0.1, 0.15) is 18.0 Å². The topological polar surface area (TPSA) is 74.4 Å². The van der Waals surface area contributed by atoms with Crippen molar-refractivity contribution in [3.8, 4) is 11.8 Å². The lowest BCUT2D eigenvalue weighted by atomic mass is 10.1. The van der Waals surface area contributed by atoms with Crippen LogP contribution >= 0.6 is 0 Å². The van der Waals surface area contributed by atoms with Crippen LogP contribution in [0.25, 0.3) is 0 Å². The zero-order valence-corrected chi connectivity index (χ0v) is 12.2. The van der Waals surface area contributed by atoms with Crippen molar-refractivity contribution in [2.75, 3.05) is 19.5 Å². The summed E-state index contributed by atoms with van der Waals surface area (Å²) in [5.74, 6) is 4.27. The predicted molar refractivity (Wildman–Crippen MR) is 72.6 cm³/mol. The number of halogens is 3. The van der Waals surface area contributed by atoms with E-state index in [1.165, 1.54) is 21.0 Å². The Bertz CT molecular complexity index is 616. The van der Waals surface area contributed by atoms with E-state index in [-0.39, 0.29) is 18.0 Å². The molecule has 120 valence electrons. The van der Waals surface area contributed by atoms with Crippen molar-refractivity contribution in [1.82, 2.24) is 4.98 Å². The quantitative estimate of drug-likeness (QED) is 0.682. The number of ether oxygens (including phenoxy) is 2. The van der Waals surface area contributed by atoms with E-state index in [4.69, 9.17) is 10.5 Å². The van der Waals surface area contributed by atoms with Crippen LogP contribution in [0.1, 0.15) is 25.2 Å². The van der Waals surface area contributed by atoms with Crippen LogP contribution in [0.15, 0.2) is 12.1 Å². The molecular weight excluding hydrogens is 301 g/mol. The van der Waals surface area contributed by atoms with Gasteiger partial charge in [-0.25, -0.2) is 9.78 Å². The lowest BCUT2D eigenvalue weighted by molar-refractivity contribution is -0.163. The number of hydrogen-bond donors (Lipinski definition) is 1. The van der Waals surface area contributed by atoms with Gasteiger partial charge in [-0.3, -0.25) is 0 Å². The molecule has 1 aromatic rings. The van der Waals surface area contributed by atoms with Crippen LogP contribution in [0.5, 0.6) is 0 Å². The summed E-state index contributed by atoms with van der Waals surface area (Å²) in [6.07, 6.45) is -4.58. The summed E-state index contributed by atoms with van der Waals surface area (Å²) in [6, 6.07) is 1.86. The SMILES string of the molecule is COC(=O)C(C)(C)OCC#Cc1nc(C(F)(F)F)ccc1N. The van der Waals surface area contributed by atoms with Crippen molar-refractivity contribution >= 4 is 11.7 Å². The number of rotatable bonds is 3. The van der Waals surface area contributed by atoms with E-state index in [2.05, 4.69) is 21.6 Å². The molecule has 0 aliphatic heterocycles. The van der Waals surface area contributed by atoms with Gasteiger partial charge >= 0.3 is 12.1 Å². The molecule has 1 heterocycles. The van der Waals surface area contributed by atoms with Crippen molar-refractivity contribution < 1.29 is 27.4 Å². The Hall–Kier alpha value is -2.27. The van der Waals surface area contributed by atoms with Crippen LogP contribution in [0.2, 0.25) is 0 Å². The fraction of sp³-hybridized carbons (Fsp3) is 0.429. The summed E-state index contributed by atoms with van der Waals surface area (Å²) in [6.45, 7) is 2.77. The van der Waals surface area contributed by atoms with E-state index in [0.717, 1.165) is 12.1 Å². The van der Waals surface area contributed by atoms with Crippen molar-refractivity contribution in [3.63, 3.8) is 0 Å². The van der Waals surface area contributed by atoms with Gasteiger partial charge in [0.25, 0.3) is 0 Å². The van der Waals surface area contributed by atoms with Crippen molar-refractivity contribution in [2.24, 2.45) is 0 Å². The summed E-state index contributed by atoms with van der Waals surface area (Å²) in [4.78, 5) is 14.7. The number of nitrogens with zero attached hydrogens (tertiary/aromatic N) is 1. The molecule has 0 unspecified atom stereocenters. The number of hydrogen-bond acceptors (Lipinski definition) is 5. The highest BCUT2D eigenvalue weighted by atomic mass is 19.4. The third kappa shape index (κ3) is 4.63. The number of esters is 1. The highest BCUT2D eigenvalue weighted by Gasteiger charge is 2.32. The number of nitrogens with two attached hydrogens (primary N) is 1. The second-order valence-electron chi connectivity index (χ2n) is 4.72. The maximum Gasteiger partial charge on any atom is 0.433 e. The Morgan fingerprint density at radius 3 is 2.55 bits per heavy atom. The van der Waals surface area contributed by atoms with Gasteiger partial charge in [-0.2, -0.15) is 13.2 Å². The number of pyridine rings is 1. The van der Waals surface area contributed by atoms with E-state index in [9.17, 15) is 18.0 Å². The third-order valence-electron chi connectivity index (χ3n) is 2.61. The Morgan fingerprint density at radius 1 is 1.36 bits per heavy atom. The number of methoxy groups -OCH3 is 1. The fourth-order valence-corrected chi connectivity index (χ4v) is 1.37. The maximum atomic E-state index is 12.5. The molecule has 1 rings (SSSR count). The van der Waals surface area contributed by atoms with Gasteiger partial charge in [-0.05, 0) is 31.9 Å². The van der Waals surface area contributed by atoms with Gasteiger partial charge in [0, 0.05) is 0 Å². The molecule has 0 amide bonds. The first-order valence-corrected chi connectivity index (χ1v) is 6.13. The normalized spacial score (nSPS) is 11.5. The molecule has 0 spiro atoms. The minimum Gasteiger partial charge on any atom is -0.467 e. The predicted octanol–water partition coefficient (Wildman–Crippen LogP) is 2.00. The fourth-order valence-electron chi connectivity index (χ4n) is 1.37. The number of aromatic nitrogens is 1. The zero-order chi connectivity index (χ0) is 17.0. The van der Waals surface area contributed by atoms with E-state index in [0.29, 0.717) is 0 Å². The third-order valence-corrected chi connectivity index (χ3v) is 2.61. The van der Waals surface area contributed by atoms with E-state index < -0.39 is 23.4 Å². The second-order valence-corrected chi connectivity index (χ2v) is 4.72. The summed E-state index contributed by atoms with van der Waals surface area (Å²) < 4.78 is 47.4. The molecule has 0 aliphatic rings. The number of alkyl halides is 3. The smallest absolute Gasteiger partial charge is 0.433 e. The van der Waals surface area contributed by atoms with Crippen molar-refractivity contribution in [3.05, 3.63) is 23.5 Å². The molecule has 5 nitrogen and oxygen atoms in total. The number of carbonyl (C=O) groups is 1. The lowest BCUT2D eigenvalue weighted by Gasteiger charge is -2.20. The van der Waals surface area contributed by atoms with Crippen LogP contribution in [-0.4, -0.2) is 30.3 Å². The highest BCUT2D eigenvalue weighted by molar-refractivity contribution is 5.78. The van der Waals surface area contributed by atoms with Crippen molar-refractivity contribution in [2.45, 2.75) is 25.6 Å². The van der Waals surface area contributed by atoms with Crippen LogP contribution in [0.3, 0.4) is 0 Å². The lowest BCUT2D eigenvalue weighted by Crippen LogP contribution is -2.36. The zero-order valence-electron chi connectivity index (χ0n) is 12.2. The van der Waals surface area contributed by atoms with Gasteiger partial charge in [-0.15, -0.1) is 0 Å². The highest BCUT2D eigenvalue weighted by Crippen LogP contribution is 2.28. The molecule has 0 aliphatic carbocycles. The molecule has 2 N–H and O–H groups in total. The standard InChI is InChI=1S/C14H15F3N2O3/c1-13(2,12(20)21-3)22-8-4-5-10-9(18)6-7-11(19-10)14(15,16)17/h6-7H,8,18H2,1-3H3.